The van der Waals surface area contributed by atoms with Crippen molar-refractivity contribution in [3.63, 3.8) is 0 Å². The maximum Gasteiger partial charge on any atom is 0.0726 e. The van der Waals surface area contributed by atoms with Crippen molar-refractivity contribution in [1.82, 2.24) is 0 Å². The van der Waals surface area contributed by atoms with Gasteiger partial charge in [0.05, 0.1) is 11.4 Å². The van der Waals surface area contributed by atoms with Crippen molar-refractivity contribution in [2.75, 3.05) is 22.5 Å². The standard InChI is InChI=1S/C27H26N3/c28-26-20-24(29-21-23-12-6-2-7-13-23)16-17-27(26)30(25-14-8-3-9-15-25)19-18-22-10-4-1-5-11-22/h1-16,20,29H,18-19,21,28H2. The molecule has 0 aliphatic carbocycles. The summed E-state index contributed by atoms with van der Waals surface area (Å²) < 4.78 is 0. The van der Waals surface area contributed by atoms with Crippen LogP contribution in [0.5, 0.6) is 0 Å². The molecule has 0 unspecified atom stereocenters. The maximum absolute atomic E-state index is 6.48. The molecule has 0 atom stereocenters. The summed E-state index contributed by atoms with van der Waals surface area (Å²) in [6.45, 7) is 1.58. The van der Waals surface area contributed by atoms with Gasteiger partial charge in [-0.1, -0.05) is 78.9 Å². The van der Waals surface area contributed by atoms with Crippen LogP contribution in [0.2, 0.25) is 0 Å². The van der Waals surface area contributed by atoms with Gasteiger partial charge < -0.3 is 16.0 Å². The molecule has 3 nitrogen and oxygen atoms in total. The fourth-order valence-electron chi connectivity index (χ4n) is 3.51. The average molecular weight is 393 g/mol. The van der Waals surface area contributed by atoms with E-state index in [1.807, 2.05) is 42.5 Å². The Kier molecular flexibility index (Phi) is 6.31. The van der Waals surface area contributed by atoms with Gasteiger partial charge in [-0.2, -0.15) is 0 Å². The zero-order chi connectivity index (χ0) is 20.6. The first-order chi connectivity index (χ1) is 14.8. The summed E-state index contributed by atoms with van der Waals surface area (Å²) >= 11 is 0. The quantitative estimate of drug-likeness (QED) is 0.358. The Morgan fingerprint density at radius 3 is 2.00 bits per heavy atom. The van der Waals surface area contributed by atoms with Crippen molar-refractivity contribution in [2.45, 2.75) is 13.0 Å². The van der Waals surface area contributed by atoms with Crippen LogP contribution < -0.4 is 16.0 Å². The van der Waals surface area contributed by atoms with E-state index in [2.05, 4.69) is 76.9 Å². The van der Waals surface area contributed by atoms with E-state index in [-0.39, 0.29) is 0 Å². The molecule has 1 radical (unpaired) electrons. The minimum Gasteiger partial charge on any atom is -0.397 e. The number of nitrogen functional groups attached to an aromatic ring is 1. The van der Waals surface area contributed by atoms with E-state index in [9.17, 15) is 0 Å². The second-order valence-electron chi connectivity index (χ2n) is 7.25. The van der Waals surface area contributed by atoms with Gasteiger partial charge in [-0.15, -0.1) is 0 Å². The Labute approximate surface area is 178 Å². The molecule has 0 heterocycles. The molecule has 0 saturated carbocycles. The lowest BCUT2D eigenvalue weighted by molar-refractivity contribution is 0.914. The van der Waals surface area contributed by atoms with Crippen LogP contribution in [0.1, 0.15) is 11.1 Å². The summed E-state index contributed by atoms with van der Waals surface area (Å²) in [6.07, 6.45) is 0.928. The van der Waals surface area contributed by atoms with Crippen LogP contribution in [0.3, 0.4) is 0 Å². The predicted molar refractivity (Wildman–Crippen MR) is 127 cm³/mol. The second kappa shape index (κ2) is 9.66. The van der Waals surface area contributed by atoms with Crippen molar-refractivity contribution in [3.05, 3.63) is 120 Å². The summed E-state index contributed by atoms with van der Waals surface area (Å²) in [5.41, 5.74) is 12.7. The molecule has 0 spiro atoms. The zero-order valence-electron chi connectivity index (χ0n) is 17.0. The number of rotatable bonds is 8. The Morgan fingerprint density at radius 1 is 0.767 bits per heavy atom. The minimum absolute atomic E-state index is 0.713. The lowest BCUT2D eigenvalue weighted by atomic mass is 10.1. The Morgan fingerprint density at radius 2 is 1.37 bits per heavy atom. The van der Waals surface area contributed by atoms with Crippen molar-refractivity contribution in [3.8, 4) is 0 Å². The third-order valence-electron chi connectivity index (χ3n) is 5.09. The number of para-hydroxylation sites is 1. The van der Waals surface area contributed by atoms with Crippen LogP contribution in [-0.2, 0) is 13.0 Å². The van der Waals surface area contributed by atoms with Gasteiger partial charge >= 0.3 is 0 Å². The van der Waals surface area contributed by atoms with Crippen molar-refractivity contribution >= 4 is 22.7 Å². The topological polar surface area (TPSA) is 41.3 Å². The number of hydrogen-bond donors (Lipinski definition) is 2. The number of hydrogen-bond acceptors (Lipinski definition) is 3. The molecule has 0 amide bonds. The lowest BCUT2D eigenvalue weighted by Crippen LogP contribution is -2.21. The fraction of sp³-hybridized carbons (Fsp3) is 0.111. The second-order valence-corrected chi connectivity index (χ2v) is 7.25. The van der Waals surface area contributed by atoms with Gasteiger partial charge in [0, 0.05) is 30.5 Å². The SMILES string of the molecule is Nc1cc(NCc2ccccc2)c[c]c1N(CCc1ccccc1)c1ccccc1. The van der Waals surface area contributed by atoms with Gasteiger partial charge in [-0.25, -0.2) is 0 Å². The number of benzene rings is 4. The molecule has 0 saturated heterocycles. The number of anilines is 4. The zero-order valence-corrected chi connectivity index (χ0v) is 17.0. The molecule has 3 heteroatoms. The summed E-state index contributed by atoms with van der Waals surface area (Å²) in [5, 5.41) is 3.44. The highest BCUT2D eigenvalue weighted by atomic mass is 15.1. The molecule has 0 aliphatic rings. The van der Waals surface area contributed by atoms with Gasteiger partial charge in [0.2, 0.25) is 0 Å². The van der Waals surface area contributed by atoms with E-state index in [4.69, 9.17) is 5.73 Å². The van der Waals surface area contributed by atoms with Crippen LogP contribution in [0.4, 0.5) is 22.7 Å². The van der Waals surface area contributed by atoms with Gasteiger partial charge in [-0.05, 0) is 41.8 Å². The van der Waals surface area contributed by atoms with Crippen molar-refractivity contribution in [1.29, 1.82) is 0 Å². The molecule has 0 aromatic heterocycles. The van der Waals surface area contributed by atoms with E-state index in [0.717, 1.165) is 36.6 Å². The smallest absolute Gasteiger partial charge is 0.0726 e. The average Bonchev–Trinajstić information content (AvgIpc) is 2.81. The highest BCUT2D eigenvalue weighted by Crippen LogP contribution is 2.32. The maximum atomic E-state index is 6.48. The van der Waals surface area contributed by atoms with Crippen LogP contribution >= 0.6 is 0 Å². The number of nitrogens with zero attached hydrogens (tertiary/aromatic N) is 1. The first kappa shape index (κ1) is 19.6. The Balaban J connectivity index is 1.53. The normalized spacial score (nSPS) is 10.5. The third-order valence-corrected chi connectivity index (χ3v) is 5.09. The molecule has 30 heavy (non-hydrogen) atoms. The van der Waals surface area contributed by atoms with E-state index in [0.29, 0.717) is 5.69 Å². The molecular formula is C27H26N3. The molecule has 3 N–H and O–H groups in total. The summed E-state index contributed by atoms with van der Waals surface area (Å²) in [6, 6.07) is 38.6. The third kappa shape index (κ3) is 5.00. The number of nitrogens with one attached hydrogen (secondary N) is 1. The van der Waals surface area contributed by atoms with E-state index < -0.39 is 0 Å². The van der Waals surface area contributed by atoms with Crippen LogP contribution in [0.15, 0.2) is 103 Å². The monoisotopic (exact) mass is 392 g/mol. The molecule has 4 rings (SSSR count). The summed E-state index contributed by atoms with van der Waals surface area (Å²) in [4.78, 5) is 2.24. The minimum atomic E-state index is 0.713. The van der Waals surface area contributed by atoms with Gasteiger partial charge in [0.15, 0.2) is 0 Å². The first-order valence-corrected chi connectivity index (χ1v) is 10.2. The van der Waals surface area contributed by atoms with E-state index in [1.165, 1.54) is 11.1 Å². The molecule has 0 aliphatic heterocycles. The lowest BCUT2D eigenvalue weighted by Gasteiger charge is -2.26. The highest BCUT2D eigenvalue weighted by Gasteiger charge is 2.13. The number of nitrogens with two attached hydrogens (primary N) is 1. The van der Waals surface area contributed by atoms with E-state index in [1.54, 1.807) is 0 Å². The van der Waals surface area contributed by atoms with Gasteiger partial charge in [0.1, 0.15) is 0 Å². The molecule has 0 fully saturated rings. The molecule has 149 valence electrons. The van der Waals surface area contributed by atoms with Crippen molar-refractivity contribution < 1.29 is 0 Å². The van der Waals surface area contributed by atoms with Crippen LogP contribution in [0.25, 0.3) is 0 Å². The van der Waals surface area contributed by atoms with Crippen LogP contribution in [0, 0.1) is 6.07 Å². The van der Waals surface area contributed by atoms with Gasteiger partial charge in [0.25, 0.3) is 0 Å². The summed E-state index contributed by atoms with van der Waals surface area (Å²) in [7, 11) is 0. The molecule has 4 aromatic carbocycles. The molecular weight excluding hydrogens is 366 g/mol. The summed E-state index contributed by atoms with van der Waals surface area (Å²) in [5.74, 6) is 0. The van der Waals surface area contributed by atoms with Crippen molar-refractivity contribution in [2.24, 2.45) is 0 Å². The van der Waals surface area contributed by atoms with Gasteiger partial charge in [-0.3, -0.25) is 0 Å². The predicted octanol–water partition coefficient (Wildman–Crippen LogP) is 6.06. The van der Waals surface area contributed by atoms with Crippen LogP contribution in [-0.4, -0.2) is 6.54 Å². The van der Waals surface area contributed by atoms with E-state index >= 15 is 0 Å². The molecule has 4 aromatic rings. The Bertz CT molecular complexity index is 1050. The molecule has 0 bridgehead atoms. The largest absolute Gasteiger partial charge is 0.397 e. The highest BCUT2D eigenvalue weighted by molar-refractivity contribution is 5.77. The Hall–Kier alpha value is -3.72. The first-order valence-electron chi connectivity index (χ1n) is 10.2. The fourth-order valence-corrected chi connectivity index (χ4v) is 3.51.